The van der Waals surface area contributed by atoms with Crippen molar-refractivity contribution in [2.75, 3.05) is 23.9 Å². The lowest BCUT2D eigenvalue weighted by Gasteiger charge is -2.17. The van der Waals surface area contributed by atoms with Crippen LogP contribution in [0.15, 0.2) is 6.07 Å². The van der Waals surface area contributed by atoms with E-state index >= 15 is 0 Å². The van der Waals surface area contributed by atoms with Crippen molar-refractivity contribution in [2.45, 2.75) is 13.1 Å². The largest absolute Gasteiger partial charge is 0.433 e. The lowest BCUT2D eigenvalue weighted by molar-refractivity contribution is -0.141. The summed E-state index contributed by atoms with van der Waals surface area (Å²) in [6, 6.07) is 0.879. The van der Waals surface area contributed by atoms with E-state index in [1.54, 1.807) is 18.9 Å². The molecule has 1 rings (SSSR count). The van der Waals surface area contributed by atoms with Crippen LogP contribution in [0.2, 0.25) is 0 Å². The zero-order valence-electron chi connectivity index (χ0n) is 8.84. The van der Waals surface area contributed by atoms with Crippen LogP contribution >= 0.6 is 0 Å². The molecule has 1 aromatic rings. The predicted octanol–water partition coefficient (Wildman–Crippen LogP) is 1.24. The van der Waals surface area contributed by atoms with Gasteiger partial charge in [0.05, 0.1) is 0 Å². The third kappa shape index (κ3) is 2.72. The van der Waals surface area contributed by atoms with E-state index in [1.165, 1.54) is 0 Å². The van der Waals surface area contributed by atoms with Gasteiger partial charge in [0.1, 0.15) is 5.82 Å². The van der Waals surface area contributed by atoms with E-state index in [4.69, 9.17) is 5.84 Å². The molecular weight excluding hydrogens is 223 g/mol. The second-order valence-electron chi connectivity index (χ2n) is 3.09. The molecule has 0 aromatic carbocycles. The molecule has 0 saturated heterocycles. The normalized spacial score (nSPS) is 11.4. The quantitative estimate of drug-likeness (QED) is 0.609. The molecule has 0 fully saturated rings. The number of nitrogen functional groups attached to an aromatic ring is 1. The highest BCUT2D eigenvalue weighted by atomic mass is 19.4. The zero-order chi connectivity index (χ0) is 12.3. The molecule has 0 radical (unpaired) electrons. The van der Waals surface area contributed by atoms with Crippen LogP contribution in [0, 0.1) is 0 Å². The maximum atomic E-state index is 12.5. The minimum Gasteiger partial charge on any atom is -0.360 e. The van der Waals surface area contributed by atoms with Gasteiger partial charge in [-0.3, -0.25) is 5.43 Å². The topological polar surface area (TPSA) is 67.1 Å². The predicted molar refractivity (Wildman–Crippen MR) is 53.8 cm³/mol. The first kappa shape index (κ1) is 12.5. The number of nitrogens with zero attached hydrogens (tertiary/aromatic N) is 3. The molecule has 0 aliphatic rings. The van der Waals surface area contributed by atoms with Crippen LogP contribution in [-0.4, -0.2) is 23.6 Å². The van der Waals surface area contributed by atoms with E-state index in [0.717, 1.165) is 6.07 Å². The van der Waals surface area contributed by atoms with Crippen LogP contribution in [0.5, 0.6) is 0 Å². The number of hydrogen-bond donors (Lipinski definition) is 2. The molecule has 0 unspecified atom stereocenters. The molecule has 0 atom stereocenters. The van der Waals surface area contributed by atoms with Gasteiger partial charge in [-0.1, -0.05) is 0 Å². The van der Waals surface area contributed by atoms with Crippen molar-refractivity contribution in [3.05, 3.63) is 11.8 Å². The molecule has 0 bridgehead atoms. The van der Waals surface area contributed by atoms with Gasteiger partial charge in [0.15, 0.2) is 5.69 Å². The molecule has 3 N–H and O–H groups in total. The van der Waals surface area contributed by atoms with Gasteiger partial charge in [-0.2, -0.15) is 18.2 Å². The minimum atomic E-state index is -4.52. The third-order valence-corrected chi connectivity index (χ3v) is 2.00. The minimum absolute atomic E-state index is 0.165. The van der Waals surface area contributed by atoms with Crippen molar-refractivity contribution in [3.63, 3.8) is 0 Å². The molecule has 1 heterocycles. The van der Waals surface area contributed by atoms with Crippen LogP contribution in [-0.2, 0) is 6.18 Å². The highest BCUT2D eigenvalue weighted by molar-refractivity contribution is 5.44. The van der Waals surface area contributed by atoms with Crippen LogP contribution in [0.4, 0.5) is 24.9 Å². The standard InChI is InChI=1S/C8H12F3N5/c1-3-16(2)6-4-5(8(9,10)11)13-7(14-6)15-12/h4H,3,12H2,1-2H3,(H,13,14,15). The Morgan fingerprint density at radius 1 is 1.44 bits per heavy atom. The van der Waals surface area contributed by atoms with E-state index in [0.29, 0.717) is 6.54 Å². The highest BCUT2D eigenvalue weighted by Crippen LogP contribution is 2.30. The van der Waals surface area contributed by atoms with Gasteiger partial charge in [-0.15, -0.1) is 0 Å². The number of rotatable bonds is 3. The van der Waals surface area contributed by atoms with Crippen molar-refractivity contribution in [1.29, 1.82) is 0 Å². The molecule has 16 heavy (non-hydrogen) atoms. The molecule has 0 amide bonds. The van der Waals surface area contributed by atoms with Gasteiger partial charge in [-0.05, 0) is 6.92 Å². The van der Waals surface area contributed by atoms with Crippen molar-refractivity contribution in [2.24, 2.45) is 5.84 Å². The second kappa shape index (κ2) is 4.52. The lowest BCUT2D eigenvalue weighted by Crippen LogP contribution is -2.22. The smallest absolute Gasteiger partial charge is 0.360 e. The van der Waals surface area contributed by atoms with Gasteiger partial charge in [0.2, 0.25) is 5.95 Å². The van der Waals surface area contributed by atoms with E-state index < -0.39 is 11.9 Å². The number of nitrogens with two attached hydrogens (primary N) is 1. The Kier molecular flexibility index (Phi) is 3.53. The first-order valence-corrected chi connectivity index (χ1v) is 4.52. The van der Waals surface area contributed by atoms with Crippen molar-refractivity contribution in [1.82, 2.24) is 9.97 Å². The van der Waals surface area contributed by atoms with Crippen LogP contribution in [0.1, 0.15) is 12.6 Å². The molecular formula is C8H12F3N5. The van der Waals surface area contributed by atoms with Crippen molar-refractivity contribution in [3.8, 4) is 0 Å². The third-order valence-electron chi connectivity index (χ3n) is 2.00. The van der Waals surface area contributed by atoms with Crippen LogP contribution < -0.4 is 16.2 Å². The molecule has 8 heteroatoms. The lowest BCUT2D eigenvalue weighted by atomic mass is 10.3. The number of hydrazine groups is 1. The summed E-state index contributed by atoms with van der Waals surface area (Å²) in [6.45, 7) is 2.32. The van der Waals surface area contributed by atoms with E-state index in [9.17, 15) is 13.2 Å². The fraction of sp³-hybridized carbons (Fsp3) is 0.500. The molecule has 0 aliphatic carbocycles. The molecule has 0 spiro atoms. The number of alkyl halides is 3. The number of nitrogens with one attached hydrogen (secondary N) is 1. The number of aromatic nitrogens is 2. The molecule has 0 saturated carbocycles. The fourth-order valence-electron chi connectivity index (χ4n) is 1.00. The van der Waals surface area contributed by atoms with Gasteiger partial charge in [-0.25, -0.2) is 10.8 Å². The average Bonchev–Trinajstić information content (AvgIpc) is 2.26. The van der Waals surface area contributed by atoms with E-state index in [2.05, 4.69) is 9.97 Å². The zero-order valence-corrected chi connectivity index (χ0v) is 8.84. The summed E-state index contributed by atoms with van der Waals surface area (Å²) in [5.74, 6) is 4.92. The Hall–Kier alpha value is -1.57. The van der Waals surface area contributed by atoms with Gasteiger partial charge < -0.3 is 4.90 Å². The molecule has 0 aliphatic heterocycles. The van der Waals surface area contributed by atoms with Crippen molar-refractivity contribution >= 4 is 11.8 Å². The Morgan fingerprint density at radius 3 is 2.50 bits per heavy atom. The summed E-state index contributed by atoms with van der Waals surface area (Å²) in [6.07, 6.45) is -4.52. The SMILES string of the molecule is CCN(C)c1cc(C(F)(F)F)nc(NN)n1. The Morgan fingerprint density at radius 2 is 2.06 bits per heavy atom. The molecule has 5 nitrogen and oxygen atoms in total. The average molecular weight is 235 g/mol. The highest BCUT2D eigenvalue weighted by Gasteiger charge is 2.34. The maximum absolute atomic E-state index is 12.5. The van der Waals surface area contributed by atoms with E-state index in [-0.39, 0.29) is 11.8 Å². The van der Waals surface area contributed by atoms with Gasteiger partial charge in [0.25, 0.3) is 0 Å². The summed E-state index contributed by atoms with van der Waals surface area (Å²) in [4.78, 5) is 8.61. The Bertz CT molecular complexity index is 365. The second-order valence-corrected chi connectivity index (χ2v) is 3.09. The first-order chi connectivity index (χ1) is 7.38. The maximum Gasteiger partial charge on any atom is 0.433 e. The monoisotopic (exact) mass is 235 g/mol. The number of halogens is 3. The van der Waals surface area contributed by atoms with Gasteiger partial charge >= 0.3 is 6.18 Å². The summed E-state index contributed by atoms with van der Waals surface area (Å²) in [5, 5.41) is 0. The molecule has 90 valence electrons. The summed E-state index contributed by atoms with van der Waals surface area (Å²) >= 11 is 0. The van der Waals surface area contributed by atoms with Crippen LogP contribution in [0.3, 0.4) is 0 Å². The van der Waals surface area contributed by atoms with Crippen LogP contribution in [0.25, 0.3) is 0 Å². The summed E-state index contributed by atoms with van der Waals surface area (Å²) in [5.41, 5.74) is 0.987. The fourth-order valence-corrected chi connectivity index (χ4v) is 1.00. The van der Waals surface area contributed by atoms with Gasteiger partial charge in [0, 0.05) is 19.7 Å². The first-order valence-electron chi connectivity index (χ1n) is 4.52. The summed E-state index contributed by atoms with van der Waals surface area (Å²) < 4.78 is 37.4. The number of hydrogen-bond acceptors (Lipinski definition) is 5. The number of anilines is 2. The Balaban J connectivity index is 3.21. The molecule has 1 aromatic heterocycles. The Labute approximate surface area is 90.4 Å². The summed E-state index contributed by atoms with van der Waals surface area (Å²) in [7, 11) is 1.63. The van der Waals surface area contributed by atoms with Crippen molar-refractivity contribution < 1.29 is 13.2 Å². The van der Waals surface area contributed by atoms with E-state index in [1.807, 2.05) is 5.43 Å².